The number of ketones is 1. The van der Waals surface area contributed by atoms with E-state index in [4.69, 9.17) is 0 Å². The van der Waals surface area contributed by atoms with Crippen LogP contribution in [0.25, 0.3) is 5.57 Å². The van der Waals surface area contributed by atoms with Crippen LogP contribution in [0.15, 0.2) is 23.8 Å². The monoisotopic (exact) mass is 232 g/mol. The van der Waals surface area contributed by atoms with Gasteiger partial charge in [-0.2, -0.15) is 0 Å². The van der Waals surface area contributed by atoms with Gasteiger partial charge in [-0.05, 0) is 24.5 Å². The molecule has 0 spiro atoms. The maximum absolute atomic E-state index is 13.9. The first-order chi connectivity index (χ1) is 8.20. The molecule has 2 rings (SSSR count). The molecule has 17 heavy (non-hydrogen) atoms. The highest BCUT2D eigenvalue weighted by atomic mass is 19.1. The number of Topliss-reactive ketones (excluding diaryl/α,β-unsaturated/α-hetero) is 1. The van der Waals surface area contributed by atoms with Crippen molar-refractivity contribution in [1.82, 2.24) is 0 Å². The molecule has 1 aromatic rings. The lowest BCUT2D eigenvalue weighted by atomic mass is 9.99. The first-order valence-electron chi connectivity index (χ1n) is 6.26. The molecule has 0 bridgehead atoms. The van der Waals surface area contributed by atoms with E-state index in [1.165, 1.54) is 6.07 Å². The Morgan fingerprint density at radius 1 is 1.06 bits per heavy atom. The topological polar surface area (TPSA) is 17.1 Å². The number of carbonyl (C=O) groups is 1. The number of benzene rings is 1. The highest BCUT2D eigenvalue weighted by Crippen LogP contribution is 2.38. The van der Waals surface area contributed by atoms with E-state index in [9.17, 15) is 9.18 Å². The van der Waals surface area contributed by atoms with Gasteiger partial charge >= 0.3 is 0 Å². The van der Waals surface area contributed by atoms with Crippen LogP contribution < -0.4 is 0 Å². The van der Waals surface area contributed by atoms with Crippen LogP contribution in [-0.2, 0) is 0 Å². The molecular weight excluding hydrogens is 215 g/mol. The van der Waals surface area contributed by atoms with Crippen LogP contribution in [0.3, 0.4) is 0 Å². The van der Waals surface area contributed by atoms with Crippen LogP contribution in [0.1, 0.15) is 55.5 Å². The molecule has 0 aromatic heterocycles. The van der Waals surface area contributed by atoms with E-state index in [1.807, 2.05) is 6.92 Å². The van der Waals surface area contributed by atoms with Crippen molar-refractivity contribution < 1.29 is 9.18 Å². The van der Waals surface area contributed by atoms with Gasteiger partial charge in [-0.1, -0.05) is 38.8 Å². The van der Waals surface area contributed by atoms with Crippen molar-refractivity contribution in [3.05, 3.63) is 40.7 Å². The van der Waals surface area contributed by atoms with Crippen molar-refractivity contribution in [2.45, 2.75) is 39.5 Å². The summed E-state index contributed by atoms with van der Waals surface area (Å²) in [6.07, 6.45) is 3.39. The summed E-state index contributed by atoms with van der Waals surface area (Å²) in [7, 11) is 0. The molecule has 1 nitrogen and oxygen atoms in total. The number of hydrogen-bond donors (Lipinski definition) is 0. The van der Waals surface area contributed by atoms with Gasteiger partial charge in [0, 0.05) is 16.7 Å². The normalized spacial score (nSPS) is 14.4. The van der Waals surface area contributed by atoms with Gasteiger partial charge in [0.2, 0.25) is 0 Å². The molecule has 0 fully saturated rings. The Kier molecular flexibility index (Phi) is 3.41. The third-order valence-corrected chi connectivity index (χ3v) is 3.20. The summed E-state index contributed by atoms with van der Waals surface area (Å²) >= 11 is 0. The number of fused-ring (bicyclic) bond motifs is 1. The van der Waals surface area contributed by atoms with E-state index in [0.29, 0.717) is 11.1 Å². The SMILES string of the molecule is CCCC1=C(CCC)c2c(F)cccc2C1=O. The minimum Gasteiger partial charge on any atom is -0.289 e. The van der Waals surface area contributed by atoms with Crippen LogP contribution in [0, 0.1) is 5.82 Å². The zero-order chi connectivity index (χ0) is 12.4. The first kappa shape index (κ1) is 12.0. The van der Waals surface area contributed by atoms with Crippen LogP contribution >= 0.6 is 0 Å². The molecule has 0 amide bonds. The second kappa shape index (κ2) is 4.82. The summed E-state index contributed by atoms with van der Waals surface area (Å²) in [5.41, 5.74) is 2.88. The predicted molar refractivity (Wildman–Crippen MR) is 67.5 cm³/mol. The van der Waals surface area contributed by atoms with Gasteiger partial charge in [-0.3, -0.25) is 4.79 Å². The fourth-order valence-electron chi connectivity index (χ4n) is 2.51. The standard InChI is InChI=1S/C15H17FO/c1-3-6-10-11(7-4-2)15(17)12-8-5-9-13(16)14(10)12/h5,8-9H,3-4,6-7H2,1-2H3. The minimum atomic E-state index is -0.259. The second-order valence-corrected chi connectivity index (χ2v) is 4.45. The molecule has 0 saturated heterocycles. The molecule has 0 aliphatic heterocycles. The number of carbonyl (C=O) groups excluding carboxylic acids is 1. The Labute approximate surface area is 101 Å². The molecule has 1 aromatic carbocycles. The molecular formula is C15H17FO. The molecule has 1 aliphatic carbocycles. The van der Waals surface area contributed by atoms with Crippen molar-refractivity contribution in [3.8, 4) is 0 Å². The Morgan fingerprint density at radius 3 is 2.35 bits per heavy atom. The summed E-state index contributed by atoms with van der Waals surface area (Å²) in [5, 5.41) is 0. The van der Waals surface area contributed by atoms with Crippen LogP contribution in [0.5, 0.6) is 0 Å². The maximum Gasteiger partial charge on any atom is 0.190 e. The molecule has 0 N–H and O–H groups in total. The van der Waals surface area contributed by atoms with Crippen LogP contribution in [0.2, 0.25) is 0 Å². The minimum absolute atomic E-state index is 0.0322. The summed E-state index contributed by atoms with van der Waals surface area (Å²) in [6.45, 7) is 4.10. The van der Waals surface area contributed by atoms with E-state index in [0.717, 1.165) is 36.8 Å². The van der Waals surface area contributed by atoms with E-state index in [-0.39, 0.29) is 11.6 Å². The average molecular weight is 232 g/mol. The van der Waals surface area contributed by atoms with Gasteiger partial charge in [0.1, 0.15) is 5.82 Å². The number of hydrogen-bond acceptors (Lipinski definition) is 1. The zero-order valence-electron chi connectivity index (χ0n) is 10.3. The molecule has 0 radical (unpaired) electrons. The van der Waals surface area contributed by atoms with Crippen molar-refractivity contribution in [1.29, 1.82) is 0 Å². The summed E-state index contributed by atoms with van der Waals surface area (Å²) in [6, 6.07) is 4.79. The molecule has 90 valence electrons. The predicted octanol–water partition coefficient (Wildman–Crippen LogP) is 4.38. The van der Waals surface area contributed by atoms with Crippen molar-refractivity contribution in [3.63, 3.8) is 0 Å². The lowest BCUT2D eigenvalue weighted by molar-refractivity contribution is 0.103. The van der Waals surface area contributed by atoms with E-state index in [1.54, 1.807) is 12.1 Å². The largest absolute Gasteiger partial charge is 0.289 e. The molecule has 2 heteroatoms. The fraction of sp³-hybridized carbons (Fsp3) is 0.400. The van der Waals surface area contributed by atoms with Crippen molar-refractivity contribution >= 4 is 11.4 Å². The zero-order valence-corrected chi connectivity index (χ0v) is 10.3. The summed E-state index contributed by atoms with van der Waals surface area (Å²) in [4.78, 5) is 12.2. The van der Waals surface area contributed by atoms with Gasteiger partial charge in [-0.25, -0.2) is 4.39 Å². The third kappa shape index (κ3) is 1.92. The maximum atomic E-state index is 13.9. The third-order valence-electron chi connectivity index (χ3n) is 3.20. The highest BCUT2D eigenvalue weighted by Gasteiger charge is 2.30. The first-order valence-corrected chi connectivity index (χ1v) is 6.26. The van der Waals surface area contributed by atoms with E-state index in [2.05, 4.69) is 6.92 Å². The van der Waals surface area contributed by atoms with Gasteiger partial charge < -0.3 is 0 Å². The van der Waals surface area contributed by atoms with Gasteiger partial charge in [-0.15, -0.1) is 0 Å². The van der Waals surface area contributed by atoms with Crippen LogP contribution in [-0.4, -0.2) is 5.78 Å². The van der Waals surface area contributed by atoms with Crippen molar-refractivity contribution in [2.75, 3.05) is 0 Å². The second-order valence-electron chi connectivity index (χ2n) is 4.45. The summed E-state index contributed by atoms with van der Waals surface area (Å²) < 4.78 is 13.9. The van der Waals surface area contributed by atoms with Gasteiger partial charge in [0.05, 0.1) is 0 Å². The smallest absolute Gasteiger partial charge is 0.190 e. The Hall–Kier alpha value is -1.44. The average Bonchev–Trinajstić information content (AvgIpc) is 2.57. The lowest BCUT2D eigenvalue weighted by Crippen LogP contribution is -1.98. The summed E-state index contributed by atoms with van der Waals surface area (Å²) in [5.74, 6) is -0.227. The van der Waals surface area contributed by atoms with E-state index < -0.39 is 0 Å². The Morgan fingerprint density at radius 2 is 1.71 bits per heavy atom. The van der Waals surface area contributed by atoms with Gasteiger partial charge in [0.25, 0.3) is 0 Å². The molecule has 0 atom stereocenters. The fourth-order valence-corrected chi connectivity index (χ4v) is 2.51. The van der Waals surface area contributed by atoms with E-state index >= 15 is 0 Å². The number of halogens is 1. The van der Waals surface area contributed by atoms with Crippen LogP contribution in [0.4, 0.5) is 4.39 Å². The Bertz CT molecular complexity index is 486. The number of rotatable bonds is 4. The molecule has 0 saturated carbocycles. The molecule has 0 heterocycles. The van der Waals surface area contributed by atoms with Gasteiger partial charge in [0.15, 0.2) is 5.78 Å². The quantitative estimate of drug-likeness (QED) is 0.753. The molecule has 1 aliphatic rings. The van der Waals surface area contributed by atoms with Crippen molar-refractivity contribution in [2.24, 2.45) is 0 Å². The Balaban J connectivity index is 2.57. The highest BCUT2D eigenvalue weighted by molar-refractivity contribution is 6.20. The number of allylic oxidation sites excluding steroid dienone is 2. The lowest BCUT2D eigenvalue weighted by Gasteiger charge is -2.06. The molecule has 0 unspecified atom stereocenters.